The van der Waals surface area contributed by atoms with Gasteiger partial charge in [0.15, 0.2) is 0 Å². The Hall–Kier alpha value is -0.860. The van der Waals surface area contributed by atoms with E-state index in [9.17, 15) is 21.6 Å². The quantitative estimate of drug-likeness (QED) is 0.785. The molecule has 1 aromatic rings. The number of alkyl halides is 3. The SMILES string of the molecule is CCCN(CC(F)(F)F)S(=O)(=O)c1cccnc1Cl. The first-order valence-electron chi connectivity index (χ1n) is 5.36. The highest BCUT2D eigenvalue weighted by molar-refractivity contribution is 7.89. The van der Waals surface area contributed by atoms with Crippen LogP contribution in [0.15, 0.2) is 23.2 Å². The molecule has 1 heterocycles. The fraction of sp³-hybridized carbons (Fsp3) is 0.500. The Morgan fingerprint density at radius 2 is 2.05 bits per heavy atom. The Morgan fingerprint density at radius 3 is 2.53 bits per heavy atom. The molecule has 9 heteroatoms. The van der Waals surface area contributed by atoms with Gasteiger partial charge in [-0.05, 0) is 18.6 Å². The van der Waals surface area contributed by atoms with E-state index in [1.807, 2.05) is 0 Å². The van der Waals surface area contributed by atoms with Gasteiger partial charge < -0.3 is 0 Å². The van der Waals surface area contributed by atoms with Gasteiger partial charge in [0, 0.05) is 12.7 Å². The van der Waals surface area contributed by atoms with E-state index in [0.29, 0.717) is 4.31 Å². The van der Waals surface area contributed by atoms with Crippen LogP contribution in [0.3, 0.4) is 0 Å². The van der Waals surface area contributed by atoms with Gasteiger partial charge >= 0.3 is 6.18 Å². The topological polar surface area (TPSA) is 50.3 Å². The minimum atomic E-state index is -4.61. The normalized spacial score (nSPS) is 12.9. The third kappa shape index (κ3) is 4.32. The van der Waals surface area contributed by atoms with Crippen molar-refractivity contribution in [1.29, 1.82) is 0 Å². The summed E-state index contributed by atoms with van der Waals surface area (Å²) < 4.78 is 61.9. The average Bonchev–Trinajstić information content (AvgIpc) is 2.27. The van der Waals surface area contributed by atoms with Crippen LogP contribution >= 0.6 is 11.6 Å². The smallest absolute Gasteiger partial charge is 0.243 e. The van der Waals surface area contributed by atoms with E-state index in [1.165, 1.54) is 12.3 Å². The summed E-state index contributed by atoms with van der Waals surface area (Å²) in [6.07, 6.45) is -3.10. The molecular formula is C10H12ClF3N2O2S. The molecule has 1 aromatic heterocycles. The van der Waals surface area contributed by atoms with E-state index in [0.717, 1.165) is 6.07 Å². The highest BCUT2D eigenvalue weighted by atomic mass is 35.5. The van der Waals surface area contributed by atoms with Crippen LogP contribution in [0.2, 0.25) is 5.15 Å². The molecule has 0 bridgehead atoms. The lowest BCUT2D eigenvalue weighted by atomic mass is 10.5. The predicted octanol–water partition coefficient (Wildman–Crippen LogP) is 2.70. The minimum Gasteiger partial charge on any atom is -0.243 e. The molecule has 0 N–H and O–H groups in total. The van der Waals surface area contributed by atoms with Crippen molar-refractivity contribution in [3.8, 4) is 0 Å². The van der Waals surface area contributed by atoms with Gasteiger partial charge in [-0.2, -0.15) is 17.5 Å². The minimum absolute atomic E-state index is 0.243. The molecule has 0 amide bonds. The number of pyridine rings is 1. The fourth-order valence-corrected chi connectivity index (χ4v) is 3.38. The van der Waals surface area contributed by atoms with Crippen molar-refractivity contribution in [3.05, 3.63) is 23.5 Å². The van der Waals surface area contributed by atoms with Crippen LogP contribution in [0.25, 0.3) is 0 Å². The highest BCUT2D eigenvalue weighted by Gasteiger charge is 2.37. The largest absolute Gasteiger partial charge is 0.402 e. The molecule has 108 valence electrons. The van der Waals surface area contributed by atoms with Gasteiger partial charge in [0.25, 0.3) is 0 Å². The van der Waals surface area contributed by atoms with Crippen molar-refractivity contribution in [2.75, 3.05) is 13.1 Å². The number of hydrogen-bond donors (Lipinski definition) is 0. The molecule has 1 rings (SSSR count). The summed E-state index contributed by atoms with van der Waals surface area (Å²) in [7, 11) is -4.31. The van der Waals surface area contributed by atoms with Gasteiger partial charge in [-0.3, -0.25) is 0 Å². The number of halogens is 4. The molecule has 0 fully saturated rings. The zero-order valence-corrected chi connectivity index (χ0v) is 11.6. The summed E-state index contributed by atoms with van der Waals surface area (Å²) in [5, 5.41) is -0.342. The molecule has 19 heavy (non-hydrogen) atoms. The Morgan fingerprint density at radius 1 is 1.42 bits per heavy atom. The summed E-state index contributed by atoms with van der Waals surface area (Å²) in [5.41, 5.74) is 0. The molecule has 0 spiro atoms. The summed E-state index contributed by atoms with van der Waals surface area (Å²) in [6, 6.07) is 2.43. The first-order valence-corrected chi connectivity index (χ1v) is 7.17. The van der Waals surface area contributed by atoms with Crippen molar-refractivity contribution >= 4 is 21.6 Å². The standard InChI is InChI=1S/C10H12ClF3N2O2S/c1-2-6-16(7-10(12,13)14)19(17,18)8-4-3-5-15-9(8)11/h3-5H,2,6-7H2,1H3. The summed E-state index contributed by atoms with van der Waals surface area (Å²) in [6.45, 7) is -0.203. The molecule has 0 aliphatic rings. The first-order chi connectivity index (χ1) is 8.68. The number of rotatable bonds is 5. The molecule has 0 saturated heterocycles. The molecule has 0 radical (unpaired) electrons. The summed E-state index contributed by atoms with van der Waals surface area (Å²) >= 11 is 5.63. The van der Waals surface area contributed by atoms with Gasteiger partial charge in [0.2, 0.25) is 10.0 Å². The second kappa shape index (κ2) is 6.06. The van der Waals surface area contributed by atoms with Crippen molar-refractivity contribution in [2.24, 2.45) is 0 Å². The Bertz CT molecular complexity index is 534. The van der Waals surface area contributed by atoms with Crippen molar-refractivity contribution in [3.63, 3.8) is 0 Å². The van der Waals surface area contributed by atoms with Gasteiger partial charge in [-0.25, -0.2) is 13.4 Å². The zero-order valence-electron chi connectivity index (χ0n) is 9.98. The number of aromatic nitrogens is 1. The lowest BCUT2D eigenvalue weighted by Crippen LogP contribution is -2.39. The monoisotopic (exact) mass is 316 g/mol. The van der Waals surface area contributed by atoms with E-state index >= 15 is 0 Å². The van der Waals surface area contributed by atoms with Gasteiger partial charge in [-0.1, -0.05) is 18.5 Å². The van der Waals surface area contributed by atoms with E-state index in [-0.39, 0.29) is 18.1 Å². The van der Waals surface area contributed by atoms with Gasteiger partial charge in [0.05, 0.1) is 0 Å². The zero-order chi connectivity index (χ0) is 14.7. The summed E-state index contributed by atoms with van der Waals surface area (Å²) in [5.74, 6) is 0. The van der Waals surface area contributed by atoms with Crippen molar-refractivity contribution in [1.82, 2.24) is 9.29 Å². The maximum atomic E-state index is 12.4. The summed E-state index contributed by atoms with van der Waals surface area (Å²) in [4.78, 5) is 3.14. The van der Waals surface area contributed by atoms with Crippen LogP contribution in [0.4, 0.5) is 13.2 Å². The van der Waals surface area contributed by atoms with E-state index < -0.39 is 27.6 Å². The fourth-order valence-electron chi connectivity index (χ4n) is 1.44. The average molecular weight is 317 g/mol. The van der Waals surface area contributed by atoms with Gasteiger partial charge in [-0.15, -0.1) is 0 Å². The van der Waals surface area contributed by atoms with Crippen molar-refractivity contribution in [2.45, 2.75) is 24.4 Å². The van der Waals surface area contributed by atoms with Crippen molar-refractivity contribution < 1.29 is 21.6 Å². The van der Waals surface area contributed by atoms with Crippen LogP contribution < -0.4 is 0 Å². The lowest BCUT2D eigenvalue weighted by Gasteiger charge is -2.23. The molecular weight excluding hydrogens is 305 g/mol. The van der Waals surface area contributed by atoms with Crippen LogP contribution in [0.5, 0.6) is 0 Å². The first kappa shape index (κ1) is 16.2. The number of hydrogen-bond acceptors (Lipinski definition) is 3. The Balaban J connectivity index is 3.17. The second-order valence-electron chi connectivity index (χ2n) is 3.75. The maximum absolute atomic E-state index is 12.4. The third-order valence-electron chi connectivity index (χ3n) is 2.17. The van der Waals surface area contributed by atoms with Crippen LogP contribution in [-0.2, 0) is 10.0 Å². The molecule has 4 nitrogen and oxygen atoms in total. The van der Waals surface area contributed by atoms with Gasteiger partial charge in [0.1, 0.15) is 16.6 Å². The van der Waals surface area contributed by atoms with Crippen LogP contribution in [-0.4, -0.2) is 37.0 Å². The van der Waals surface area contributed by atoms with E-state index in [4.69, 9.17) is 11.6 Å². The van der Waals surface area contributed by atoms with Crippen LogP contribution in [0.1, 0.15) is 13.3 Å². The number of nitrogens with zero attached hydrogens (tertiary/aromatic N) is 2. The molecule has 0 aliphatic heterocycles. The third-order valence-corrected chi connectivity index (χ3v) is 4.46. The molecule has 0 aromatic carbocycles. The lowest BCUT2D eigenvalue weighted by molar-refractivity contribution is -0.136. The number of sulfonamides is 1. The Kier molecular flexibility index (Phi) is 5.17. The maximum Gasteiger partial charge on any atom is 0.402 e. The van der Waals surface area contributed by atoms with Crippen LogP contribution in [0, 0.1) is 0 Å². The second-order valence-corrected chi connectivity index (χ2v) is 6.01. The molecule has 0 unspecified atom stereocenters. The highest BCUT2D eigenvalue weighted by Crippen LogP contribution is 2.26. The molecule has 0 atom stereocenters. The molecule has 0 saturated carbocycles. The van der Waals surface area contributed by atoms with E-state index in [2.05, 4.69) is 4.98 Å². The van der Waals surface area contributed by atoms with E-state index in [1.54, 1.807) is 6.92 Å². The Labute approximate surface area is 114 Å². The molecule has 0 aliphatic carbocycles. The predicted molar refractivity (Wildman–Crippen MR) is 64.4 cm³/mol.